The molecule has 1 aromatic carbocycles. The van der Waals surface area contributed by atoms with Crippen LogP contribution < -0.4 is 5.32 Å². The third-order valence-corrected chi connectivity index (χ3v) is 2.70. The molecule has 0 aromatic heterocycles. The lowest BCUT2D eigenvalue weighted by atomic mass is 10.1. The summed E-state index contributed by atoms with van der Waals surface area (Å²) in [6.07, 6.45) is 1.69. The first-order chi connectivity index (χ1) is 7.14. The largest absolute Gasteiger partial charge is 0.326 e. The minimum Gasteiger partial charge on any atom is -0.326 e. The summed E-state index contributed by atoms with van der Waals surface area (Å²) in [7, 11) is 0. The Morgan fingerprint density at radius 2 is 2.00 bits per heavy atom. The first-order valence-corrected chi connectivity index (χ1v) is 5.23. The Kier molecular flexibility index (Phi) is 2.47. The fourth-order valence-corrected chi connectivity index (χ4v) is 1.50. The summed E-state index contributed by atoms with van der Waals surface area (Å²) in [4.78, 5) is 11.1. The van der Waals surface area contributed by atoms with Gasteiger partial charge in [0.2, 0.25) is 5.91 Å². The molecule has 0 unspecified atom stereocenters. The topological polar surface area (TPSA) is 29.1 Å². The predicted molar refractivity (Wildman–Crippen MR) is 57.4 cm³/mol. The number of hydrogen-bond acceptors (Lipinski definition) is 1. The van der Waals surface area contributed by atoms with Crippen molar-refractivity contribution in [1.82, 2.24) is 0 Å². The van der Waals surface area contributed by atoms with Crippen molar-refractivity contribution in [2.24, 2.45) is 0 Å². The van der Waals surface area contributed by atoms with E-state index in [0.717, 1.165) is 11.3 Å². The van der Waals surface area contributed by atoms with Crippen molar-refractivity contribution >= 4 is 11.6 Å². The van der Waals surface area contributed by atoms with Crippen LogP contribution in [0.25, 0.3) is 0 Å². The molecule has 1 amide bonds. The van der Waals surface area contributed by atoms with E-state index in [1.807, 2.05) is 0 Å². The maximum Gasteiger partial charge on any atom is 0.224 e. The average Bonchev–Trinajstić information content (AvgIpc) is 2.98. The molecule has 1 aromatic rings. The second kappa shape index (κ2) is 3.65. The van der Waals surface area contributed by atoms with E-state index in [1.54, 1.807) is 31.2 Å². The molecular formula is C12H14FNO. The van der Waals surface area contributed by atoms with Gasteiger partial charge in [-0.15, -0.1) is 0 Å². The molecule has 0 radical (unpaired) electrons. The lowest BCUT2D eigenvalue weighted by Crippen LogP contribution is -2.09. The summed E-state index contributed by atoms with van der Waals surface area (Å²) in [5.74, 6) is -0.0240. The Bertz CT molecular complexity index is 368. The maximum atomic E-state index is 13.6. The zero-order valence-corrected chi connectivity index (χ0v) is 8.72. The molecule has 0 spiro atoms. The second-order valence-corrected chi connectivity index (χ2v) is 3.94. The van der Waals surface area contributed by atoms with Crippen molar-refractivity contribution in [3.05, 3.63) is 29.8 Å². The summed E-state index contributed by atoms with van der Waals surface area (Å²) >= 11 is 0. The summed E-state index contributed by atoms with van der Waals surface area (Å²) < 4.78 is 13.6. The fraction of sp³-hybridized carbons (Fsp3) is 0.417. The first kappa shape index (κ1) is 10.1. The van der Waals surface area contributed by atoms with Crippen molar-refractivity contribution in [2.45, 2.75) is 31.9 Å². The van der Waals surface area contributed by atoms with Crippen molar-refractivity contribution < 1.29 is 9.18 Å². The summed E-state index contributed by atoms with van der Waals surface area (Å²) in [6, 6.07) is 7.00. The van der Waals surface area contributed by atoms with Crippen LogP contribution in [0, 0.1) is 0 Å². The highest BCUT2D eigenvalue weighted by atomic mass is 19.1. The minimum atomic E-state index is -1.09. The molecule has 0 aliphatic heterocycles. The Labute approximate surface area is 88.5 Å². The molecule has 2 rings (SSSR count). The number of anilines is 1. The number of hydrogen-bond donors (Lipinski definition) is 1. The van der Waals surface area contributed by atoms with Gasteiger partial charge in [-0.3, -0.25) is 4.79 Å². The quantitative estimate of drug-likeness (QED) is 0.811. The molecule has 0 heterocycles. The number of carbonyl (C=O) groups excluding carboxylic acids is 1. The van der Waals surface area contributed by atoms with Gasteiger partial charge in [0.05, 0.1) is 0 Å². The van der Waals surface area contributed by atoms with Crippen LogP contribution in [0.4, 0.5) is 10.1 Å². The third kappa shape index (κ3) is 2.17. The molecule has 1 N–H and O–H groups in total. The lowest BCUT2D eigenvalue weighted by Gasteiger charge is -2.07. The summed E-state index contributed by atoms with van der Waals surface area (Å²) in [5, 5.41) is 2.73. The van der Waals surface area contributed by atoms with Crippen LogP contribution in [0.1, 0.15) is 31.7 Å². The SMILES string of the molecule is CCC(=O)Nc1ccc(C2(F)CC2)cc1. The van der Waals surface area contributed by atoms with E-state index < -0.39 is 5.67 Å². The van der Waals surface area contributed by atoms with Crippen LogP contribution in [0.2, 0.25) is 0 Å². The standard InChI is InChI=1S/C12H14FNO/c1-2-11(15)14-10-5-3-9(4-6-10)12(13)7-8-12/h3-6H,2,7-8H2,1H3,(H,14,15). The first-order valence-electron chi connectivity index (χ1n) is 5.23. The van der Waals surface area contributed by atoms with E-state index in [4.69, 9.17) is 0 Å². The highest BCUT2D eigenvalue weighted by Crippen LogP contribution is 2.49. The average molecular weight is 207 g/mol. The van der Waals surface area contributed by atoms with Crippen LogP contribution in [-0.4, -0.2) is 5.91 Å². The Morgan fingerprint density at radius 1 is 1.40 bits per heavy atom. The monoisotopic (exact) mass is 207 g/mol. The fourth-order valence-electron chi connectivity index (χ4n) is 1.50. The highest BCUT2D eigenvalue weighted by molar-refractivity contribution is 5.90. The molecule has 0 bridgehead atoms. The van der Waals surface area contributed by atoms with Crippen LogP contribution in [0.15, 0.2) is 24.3 Å². The van der Waals surface area contributed by atoms with E-state index in [1.165, 1.54) is 0 Å². The molecule has 3 heteroatoms. The van der Waals surface area contributed by atoms with Gasteiger partial charge in [0.25, 0.3) is 0 Å². The molecule has 15 heavy (non-hydrogen) atoms. The van der Waals surface area contributed by atoms with Gasteiger partial charge in [-0.05, 0) is 30.5 Å². The van der Waals surface area contributed by atoms with Crippen molar-refractivity contribution in [2.75, 3.05) is 5.32 Å². The van der Waals surface area contributed by atoms with Crippen LogP contribution in [-0.2, 0) is 10.5 Å². The van der Waals surface area contributed by atoms with E-state index in [-0.39, 0.29) is 5.91 Å². The van der Waals surface area contributed by atoms with Crippen LogP contribution in [0.5, 0.6) is 0 Å². The van der Waals surface area contributed by atoms with Gasteiger partial charge in [0.15, 0.2) is 0 Å². The molecule has 0 atom stereocenters. The number of benzene rings is 1. The molecule has 0 saturated heterocycles. The number of rotatable bonds is 3. The zero-order chi connectivity index (χ0) is 10.9. The molecule has 2 nitrogen and oxygen atoms in total. The Morgan fingerprint density at radius 3 is 2.47 bits per heavy atom. The summed E-state index contributed by atoms with van der Waals surface area (Å²) in [5.41, 5.74) is 0.361. The van der Waals surface area contributed by atoms with Crippen LogP contribution in [0.3, 0.4) is 0 Å². The van der Waals surface area contributed by atoms with Crippen molar-refractivity contribution in [3.8, 4) is 0 Å². The molecule has 80 valence electrons. The van der Waals surface area contributed by atoms with Gasteiger partial charge < -0.3 is 5.32 Å². The number of nitrogens with one attached hydrogen (secondary N) is 1. The van der Waals surface area contributed by atoms with E-state index in [0.29, 0.717) is 19.3 Å². The van der Waals surface area contributed by atoms with Gasteiger partial charge in [0, 0.05) is 12.1 Å². The minimum absolute atomic E-state index is 0.0240. The maximum absolute atomic E-state index is 13.6. The number of amides is 1. The number of carbonyl (C=O) groups is 1. The van der Waals surface area contributed by atoms with Crippen LogP contribution >= 0.6 is 0 Å². The van der Waals surface area contributed by atoms with Crippen molar-refractivity contribution in [1.29, 1.82) is 0 Å². The van der Waals surface area contributed by atoms with Gasteiger partial charge in [-0.2, -0.15) is 0 Å². The number of alkyl halides is 1. The van der Waals surface area contributed by atoms with Gasteiger partial charge in [-0.1, -0.05) is 19.1 Å². The highest BCUT2D eigenvalue weighted by Gasteiger charge is 2.44. The van der Waals surface area contributed by atoms with E-state index in [2.05, 4.69) is 5.32 Å². The lowest BCUT2D eigenvalue weighted by molar-refractivity contribution is -0.115. The molecule has 1 aliphatic rings. The number of halogens is 1. The van der Waals surface area contributed by atoms with Crippen molar-refractivity contribution in [3.63, 3.8) is 0 Å². The van der Waals surface area contributed by atoms with Gasteiger partial charge in [0.1, 0.15) is 5.67 Å². The Hall–Kier alpha value is -1.38. The smallest absolute Gasteiger partial charge is 0.224 e. The normalized spacial score (nSPS) is 17.2. The molecule has 1 aliphatic carbocycles. The van der Waals surface area contributed by atoms with E-state index in [9.17, 15) is 9.18 Å². The van der Waals surface area contributed by atoms with Gasteiger partial charge >= 0.3 is 0 Å². The Balaban J connectivity index is 2.07. The predicted octanol–water partition coefficient (Wildman–Crippen LogP) is 2.99. The van der Waals surface area contributed by atoms with E-state index >= 15 is 0 Å². The van der Waals surface area contributed by atoms with Gasteiger partial charge in [-0.25, -0.2) is 4.39 Å². The molecule has 1 saturated carbocycles. The second-order valence-electron chi connectivity index (χ2n) is 3.94. The zero-order valence-electron chi connectivity index (χ0n) is 8.72. The third-order valence-electron chi connectivity index (χ3n) is 2.70. The summed E-state index contributed by atoms with van der Waals surface area (Å²) in [6.45, 7) is 1.80. The molecule has 1 fully saturated rings. The molecular weight excluding hydrogens is 193 g/mol.